The maximum Gasteiger partial charge on any atom is 0.260 e. The Morgan fingerprint density at radius 2 is 2.06 bits per heavy atom. The summed E-state index contributed by atoms with van der Waals surface area (Å²) in [7, 11) is 1.43. The van der Waals surface area contributed by atoms with Gasteiger partial charge in [0.05, 0.1) is 42.1 Å². The zero-order valence-electron chi connectivity index (χ0n) is 17.1. The van der Waals surface area contributed by atoms with Gasteiger partial charge in [0.2, 0.25) is 5.76 Å². The first-order valence-corrected chi connectivity index (χ1v) is 10.5. The Balaban J connectivity index is 1.53. The molecule has 8 nitrogen and oxygen atoms in total. The summed E-state index contributed by atoms with van der Waals surface area (Å²) in [6.07, 6.45) is 0.978. The van der Waals surface area contributed by atoms with Crippen LogP contribution in [-0.2, 0) is 4.79 Å². The first-order chi connectivity index (χ1) is 15.5. The van der Waals surface area contributed by atoms with Gasteiger partial charge in [-0.3, -0.25) is 4.79 Å². The summed E-state index contributed by atoms with van der Waals surface area (Å²) in [5.41, 5.74) is 3.69. The number of anilines is 2. The number of carbonyl (C=O) groups excluding carboxylic acids is 1. The maximum atomic E-state index is 12.6. The molecule has 3 aromatic rings. The van der Waals surface area contributed by atoms with Crippen molar-refractivity contribution in [3.05, 3.63) is 58.8 Å². The first-order valence-electron chi connectivity index (χ1n) is 10.1. The second kappa shape index (κ2) is 7.89. The van der Waals surface area contributed by atoms with Crippen LogP contribution >= 0.6 is 11.6 Å². The number of hydrogen-bond acceptors (Lipinski definition) is 7. The number of rotatable bonds is 5. The van der Waals surface area contributed by atoms with Gasteiger partial charge in [0.25, 0.3) is 11.8 Å². The van der Waals surface area contributed by atoms with E-state index in [9.17, 15) is 15.0 Å². The molecule has 2 aliphatic rings. The molecule has 2 aromatic carbocycles. The number of nitrogens with one attached hydrogen (secondary N) is 1. The molecule has 0 bridgehead atoms. The Labute approximate surface area is 188 Å². The molecule has 0 spiro atoms. The molecule has 1 amide bonds. The van der Waals surface area contributed by atoms with E-state index < -0.39 is 5.91 Å². The van der Waals surface area contributed by atoms with Crippen LogP contribution in [0.3, 0.4) is 0 Å². The largest absolute Gasteiger partial charge is 0.504 e. The van der Waals surface area contributed by atoms with Crippen LogP contribution in [0.2, 0.25) is 5.02 Å². The average molecular weight is 454 g/mol. The first kappa shape index (κ1) is 20.4. The van der Waals surface area contributed by atoms with Gasteiger partial charge in [-0.25, -0.2) is 0 Å². The topological polar surface area (TPSA) is 108 Å². The van der Waals surface area contributed by atoms with Crippen molar-refractivity contribution in [2.45, 2.75) is 12.5 Å². The number of aromatic nitrogens is 1. The number of hydrogen-bond donors (Lipinski definition) is 3. The van der Waals surface area contributed by atoms with Gasteiger partial charge in [0.1, 0.15) is 0 Å². The summed E-state index contributed by atoms with van der Waals surface area (Å²) in [4.78, 5) is 14.8. The van der Waals surface area contributed by atoms with Gasteiger partial charge in [0, 0.05) is 23.4 Å². The highest BCUT2D eigenvalue weighted by atomic mass is 35.5. The molecule has 0 aliphatic carbocycles. The van der Waals surface area contributed by atoms with E-state index in [4.69, 9.17) is 20.9 Å². The van der Waals surface area contributed by atoms with Crippen LogP contribution < -0.4 is 15.0 Å². The van der Waals surface area contributed by atoms with Crippen LogP contribution in [-0.4, -0.2) is 47.6 Å². The summed E-state index contributed by atoms with van der Waals surface area (Å²) < 4.78 is 10.1. The van der Waals surface area contributed by atoms with E-state index in [-0.39, 0.29) is 35.6 Å². The Morgan fingerprint density at radius 1 is 1.28 bits per heavy atom. The number of methoxy groups -OCH3 is 1. The van der Waals surface area contributed by atoms with Crippen LogP contribution in [0.1, 0.15) is 17.7 Å². The number of fused-ring (bicyclic) bond motifs is 1. The van der Waals surface area contributed by atoms with Crippen LogP contribution in [0.5, 0.6) is 5.88 Å². The molecular weight excluding hydrogens is 434 g/mol. The average Bonchev–Trinajstić information content (AvgIpc) is 3.36. The number of aliphatic hydroxyl groups excluding tert-OH is 2. The summed E-state index contributed by atoms with van der Waals surface area (Å²) in [6, 6.07) is 12.9. The number of aliphatic hydroxyl groups is 2. The zero-order valence-corrected chi connectivity index (χ0v) is 17.9. The number of benzene rings is 2. The summed E-state index contributed by atoms with van der Waals surface area (Å²) in [5, 5.41) is 27.0. The van der Waals surface area contributed by atoms with Crippen molar-refractivity contribution < 1.29 is 24.3 Å². The monoisotopic (exact) mass is 453 g/mol. The number of halogens is 1. The molecule has 9 heteroatoms. The van der Waals surface area contributed by atoms with Crippen molar-refractivity contribution in [2.75, 3.05) is 30.5 Å². The lowest BCUT2D eigenvalue weighted by Crippen LogP contribution is -2.49. The summed E-state index contributed by atoms with van der Waals surface area (Å²) in [5.74, 6) is -0.597. The van der Waals surface area contributed by atoms with E-state index in [1.165, 1.54) is 13.2 Å². The lowest BCUT2D eigenvalue weighted by Gasteiger charge is -2.42. The van der Waals surface area contributed by atoms with E-state index in [0.717, 1.165) is 29.8 Å². The van der Waals surface area contributed by atoms with Crippen LogP contribution in [0.25, 0.3) is 22.5 Å². The summed E-state index contributed by atoms with van der Waals surface area (Å²) >= 11 is 6.52. The highest BCUT2D eigenvalue weighted by Crippen LogP contribution is 2.42. The van der Waals surface area contributed by atoms with Gasteiger partial charge >= 0.3 is 0 Å². The second-order valence-corrected chi connectivity index (χ2v) is 8.06. The van der Waals surface area contributed by atoms with E-state index in [2.05, 4.69) is 15.4 Å². The Hall–Kier alpha value is -3.49. The minimum atomic E-state index is -0.468. The van der Waals surface area contributed by atoms with Crippen LogP contribution in [0.4, 0.5) is 11.4 Å². The number of ether oxygens (including phenoxy) is 1. The van der Waals surface area contributed by atoms with Gasteiger partial charge in [0.15, 0.2) is 5.76 Å². The molecule has 1 atom stereocenters. The summed E-state index contributed by atoms with van der Waals surface area (Å²) in [6.45, 7) is 1.05. The van der Waals surface area contributed by atoms with Gasteiger partial charge in [-0.2, -0.15) is 0 Å². The zero-order chi connectivity index (χ0) is 22.4. The molecule has 1 fully saturated rings. The second-order valence-electron chi connectivity index (χ2n) is 7.65. The number of nitrogens with zero attached hydrogens (tertiary/aromatic N) is 2. The number of carbonyl (C=O) groups is 1. The Kier molecular flexibility index (Phi) is 5.03. The molecule has 1 aromatic heterocycles. The molecule has 3 heterocycles. The van der Waals surface area contributed by atoms with Crippen molar-refractivity contribution in [3.63, 3.8) is 0 Å². The molecule has 32 heavy (non-hydrogen) atoms. The van der Waals surface area contributed by atoms with E-state index >= 15 is 0 Å². The smallest absolute Gasteiger partial charge is 0.260 e. The standard InChI is InChI=1S/C23H20ClN3O5/c1-31-20-10-19(32-26-20)22(29)21-16-8-15(17(24)9-18(16)25-23(21)30)12-2-4-13(5-3-12)27-7-6-14(27)11-28/h2-5,8-10,14,28-29H,6-7,11H2,1H3,(H,25,30)/b22-21+. The van der Waals surface area contributed by atoms with Crippen molar-refractivity contribution in [3.8, 4) is 17.0 Å². The highest BCUT2D eigenvalue weighted by Gasteiger charge is 2.31. The lowest BCUT2D eigenvalue weighted by atomic mass is 9.97. The third-order valence-corrected chi connectivity index (χ3v) is 6.20. The normalized spacial score (nSPS) is 18.8. The van der Waals surface area contributed by atoms with E-state index in [1.54, 1.807) is 12.1 Å². The van der Waals surface area contributed by atoms with Gasteiger partial charge in [-0.05, 0) is 41.4 Å². The van der Waals surface area contributed by atoms with Crippen LogP contribution in [0, 0.1) is 0 Å². The SMILES string of the molecule is COc1cc(/C(O)=C2\C(=O)Nc3cc(Cl)c(-c4ccc(N5CCC5CO)cc4)cc32)on1. The van der Waals surface area contributed by atoms with Crippen molar-refractivity contribution in [1.82, 2.24) is 5.16 Å². The minimum absolute atomic E-state index is 0.0219. The predicted molar refractivity (Wildman–Crippen MR) is 121 cm³/mol. The van der Waals surface area contributed by atoms with Crippen LogP contribution in [0.15, 0.2) is 47.0 Å². The molecule has 1 unspecified atom stereocenters. The Morgan fingerprint density at radius 3 is 2.69 bits per heavy atom. The van der Waals surface area contributed by atoms with Crippen molar-refractivity contribution >= 4 is 40.2 Å². The van der Waals surface area contributed by atoms with E-state index in [1.807, 2.05) is 24.3 Å². The quantitative estimate of drug-likeness (QED) is 0.396. The maximum absolute atomic E-state index is 12.6. The third-order valence-electron chi connectivity index (χ3n) is 5.88. The van der Waals surface area contributed by atoms with Gasteiger partial charge in [-0.1, -0.05) is 23.7 Å². The van der Waals surface area contributed by atoms with Gasteiger partial charge < -0.3 is 29.7 Å². The minimum Gasteiger partial charge on any atom is -0.504 e. The molecule has 3 N–H and O–H groups in total. The molecular formula is C23H20ClN3O5. The highest BCUT2D eigenvalue weighted by molar-refractivity contribution is 6.38. The Bertz CT molecular complexity index is 1230. The predicted octanol–water partition coefficient (Wildman–Crippen LogP) is 3.95. The van der Waals surface area contributed by atoms with E-state index in [0.29, 0.717) is 16.3 Å². The molecule has 1 saturated heterocycles. The fourth-order valence-electron chi connectivity index (χ4n) is 4.04. The molecule has 164 valence electrons. The number of amides is 1. The van der Waals surface area contributed by atoms with Crippen molar-refractivity contribution in [1.29, 1.82) is 0 Å². The fourth-order valence-corrected chi connectivity index (χ4v) is 4.31. The molecule has 2 aliphatic heterocycles. The van der Waals surface area contributed by atoms with Gasteiger partial charge in [-0.15, -0.1) is 0 Å². The van der Waals surface area contributed by atoms with Crippen molar-refractivity contribution in [2.24, 2.45) is 0 Å². The molecule has 5 rings (SSSR count). The fraction of sp³-hybridized carbons (Fsp3) is 0.217. The lowest BCUT2D eigenvalue weighted by molar-refractivity contribution is -0.110. The molecule has 0 radical (unpaired) electrons. The third kappa shape index (κ3) is 3.28. The molecule has 0 saturated carbocycles.